The fraction of sp³-hybridized carbons (Fsp3) is 0.333. The lowest BCUT2D eigenvalue weighted by atomic mass is 9.92. The lowest BCUT2D eigenvalue weighted by Gasteiger charge is -2.31. The number of amides is 1. The summed E-state index contributed by atoms with van der Waals surface area (Å²) in [7, 11) is 3.49. The van der Waals surface area contributed by atoms with Gasteiger partial charge < -0.3 is 14.5 Å². The summed E-state index contributed by atoms with van der Waals surface area (Å²) in [5.41, 5.74) is 0.894. The van der Waals surface area contributed by atoms with Crippen LogP contribution >= 0.6 is 0 Å². The van der Waals surface area contributed by atoms with Gasteiger partial charge in [-0.05, 0) is 19.4 Å². The van der Waals surface area contributed by atoms with E-state index in [4.69, 9.17) is 0 Å². The van der Waals surface area contributed by atoms with Crippen molar-refractivity contribution in [1.29, 1.82) is 0 Å². The van der Waals surface area contributed by atoms with Crippen LogP contribution in [0.2, 0.25) is 0 Å². The van der Waals surface area contributed by atoms with Crippen LogP contribution in [0.5, 0.6) is 0 Å². The normalized spacial score (nSPS) is 18.3. The molecule has 1 N–H and O–H groups in total. The first-order valence-corrected chi connectivity index (χ1v) is 7.78. The van der Waals surface area contributed by atoms with Crippen LogP contribution in [-0.4, -0.2) is 33.4 Å². The average Bonchev–Trinajstić information content (AvgIpc) is 3.07. The average molecular weight is 311 g/mol. The molecule has 2 heterocycles. The van der Waals surface area contributed by atoms with Crippen LogP contribution in [0.4, 0.5) is 0 Å². The van der Waals surface area contributed by atoms with Crippen molar-refractivity contribution < 1.29 is 4.79 Å². The maximum atomic E-state index is 13.0. The zero-order valence-corrected chi connectivity index (χ0v) is 13.6. The van der Waals surface area contributed by atoms with Crippen LogP contribution in [0.25, 0.3) is 10.9 Å². The highest BCUT2D eigenvalue weighted by molar-refractivity contribution is 6.05. The number of pyridine rings is 1. The molecule has 2 atom stereocenters. The van der Waals surface area contributed by atoms with Gasteiger partial charge in [-0.1, -0.05) is 24.3 Å². The van der Waals surface area contributed by atoms with Crippen molar-refractivity contribution in [3.8, 4) is 0 Å². The van der Waals surface area contributed by atoms with Gasteiger partial charge in [0.05, 0.1) is 5.56 Å². The molecule has 0 saturated heterocycles. The molecule has 120 valence electrons. The van der Waals surface area contributed by atoms with Gasteiger partial charge in [-0.2, -0.15) is 0 Å². The summed E-state index contributed by atoms with van der Waals surface area (Å²) in [5, 5.41) is 0.677. The summed E-state index contributed by atoms with van der Waals surface area (Å²) >= 11 is 0. The Balaban J connectivity index is 1.95. The first kappa shape index (κ1) is 15.3. The number of hydrogen-bond acceptors (Lipinski definition) is 2. The van der Waals surface area contributed by atoms with E-state index in [-0.39, 0.29) is 17.5 Å². The van der Waals surface area contributed by atoms with Gasteiger partial charge in [0.2, 0.25) is 0 Å². The zero-order chi connectivity index (χ0) is 16.6. The molecule has 5 nitrogen and oxygen atoms in total. The number of allylic oxidation sites excluding steroid dienone is 3. The van der Waals surface area contributed by atoms with E-state index >= 15 is 0 Å². The molecule has 2 aromatic heterocycles. The van der Waals surface area contributed by atoms with Gasteiger partial charge in [0.25, 0.3) is 11.5 Å². The van der Waals surface area contributed by atoms with E-state index in [0.29, 0.717) is 22.4 Å². The maximum Gasteiger partial charge on any atom is 0.274 e. The van der Waals surface area contributed by atoms with Crippen LogP contribution in [-0.2, 0) is 7.05 Å². The minimum Gasteiger partial charge on any atom is -0.357 e. The Morgan fingerprint density at radius 3 is 2.91 bits per heavy atom. The largest absolute Gasteiger partial charge is 0.357 e. The summed E-state index contributed by atoms with van der Waals surface area (Å²) in [6, 6.07) is 1.86. The van der Waals surface area contributed by atoms with E-state index < -0.39 is 0 Å². The van der Waals surface area contributed by atoms with Crippen molar-refractivity contribution in [3.63, 3.8) is 0 Å². The maximum absolute atomic E-state index is 13.0. The van der Waals surface area contributed by atoms with Crippen molar-refractivity contribution in [2.75, 3.05) is 7.05 Å². The van der Waals surface area contributed by atoms with Gasteiger partial charge in [-0.15, -0.1) is 0 Å². The Morgan fingerprint density at radius 1 is 1.43 bits per heavy atom. The Bertz CT molecular complexity index is 857. The lowest BCUT2D eigenvalue weighted by Crippen LogP contribution is -2.40. The fourth-order valence-electron chi connectivity index (χ4n) is 3.06. The third-order valence-electron chi connectivity index (χ3n) is 4.69. The number of nitrogens with one attached hydrogen (secondary N) is 1. The molecule has 1 amide bonds. The summed E-state index contributed by atoms with van der Waals surface area (Å²) < 4.78 is 1.45. The molecule has 0 saturated carbocycles. The number of aromatic amines is 1. The van der Waals surface area contributed by atoms with Crippen LogP contribution < -0.4 is 5.56 Å². The van der Waals surface area contributed by atoms with Crippen molar-refractivity contribution in [2.45, 2.75) is 19.4 Å². The Morgan fingerprint density at radius 2 is 2.22 bits per heavy atom. The molecule has 2 aromatic rings. The third-order valence-corrected chi connectivity index (χ3v) is 4.69. The number of H-pyrrole nitrogens is 1. The van der Waals surface area contributed by atoms with Gasteiger partial charge >= 0.3 is 0 Å². The van der Waals surface area contributed by atoms with Gasteiger partial charge in [-0.25, -0.2) is 0 Å². The van der Waals surface area contributed by atoms with Gasteiger partial charge in [0.15, 0.2) is 0 Å². The molecule has 23 heavy (non-hydrogen) atoms. The van der Waals surface area contributed by atoms with Crippen molar-refractivity contribution in [2.24, 2.45) is 13.0 Å². The zero-order valence-electron chi connectivity index (χ0n) is 13.6. The van der Waals surface area contributed by atoms with Gasteiger partial charge in [-0.3, -0.25) is 9.59 Å². The van der Waals surface area contributed by atoms with Crippen molar-refractivity contribution in [1.82, 2.24) is 14.5 Å². The highest BCUT2D eigenvalue weighted by atomic mass is 16.2. The number of carbonyl (C=O) groups excluding carboxylic acids is 1. The van der Waals surface area contributed by atoms with Crippen LogP contribution in [0.3, 0.4) is 0 Å². The number of carbonyl (C=O) groups is 1. The third kappa shape index (κ3) is 2.63. The standard InChI is InChI=1S/C18H21N3O2/c1-12(13-7-5-4-6-8-13)21(3)17(22)15-11-20(2)18(23)16-14(15)9-10-19-16/h4-7,9-13,19H,8H2,1-3H3. The Kier molecular flexibility index (Phi) is 3.94. The first-order valence-electron chi connectivity index (χ1n) is 7.78. The molecule has 0 radical (unpaired) electrons. The predicted octanol–water partition coefficient (Wildman–Crippen LogP) is 2.46. The second kappa shape index (κ2) is 5.91. The molecule has 5 heteroatoms. The number of aryl methyl sites for hydroxylation is 1. The molecule has 3 rings (SSSR count). The quantitative estimate of drug-likeness (QED) is 0.946. The smallest absolute Gasteiger partial charge is 0.274 e. The number of hydrogen-bond donors (Lipinski definition) is 1. The monoisotopic (exact) mass is 311 g/mol. The van der Waals surface area contributed by atoms with E-state index in [9.17, 15) is 9.59 Å². The van der Waals surface area contributed by atoms with E-state index in [0.717, 1.165) is 6.42 Å². The minimum absolute atomic E-state index is 0.0688. The summed E-state index contributed by atoms with van der Waals surface area (Å²) in [6.45, 7) is 2.06. The molecular weight excluding hydrogens is 290 g/mol. The Labute approximate surface area is 134 Å². The van der Waals surface area contributed by atoms with Gasteiger partial charge in [0.1, 0.15) is 5.52 Å². The Hall–Kier alpha value is -2.56. The molecule has 0 spiro atoms. The molecule has 0 aromatic carbocycles. The SMILES string of the molecule is CC(C1C=CC=CC1)N(C)C(=O)c1cn(C)c(=O)c2[nH]ccc12. The van der Waals surface area contributed by atoms with E-state index in [2.05, 4.69) is 24.1 Å². The topological polar surface area (TPSA) is 58.1 Å². The van der Waals surface area contributed by atoms with Crippen LogP contribution in [0.15, 0.2) is 47.6 Å². The highest BCUT2D eigenvalue weighted by Crippen LogP contribution is 2.22. The fourth-order valence-corrected chi connectivity index (χ4v) is 3.06. The van der Waals surface area contributed by atoms with Crippen molar-refractivity contribution in [3.05, 3.63) is 58.7 Å². The first-order chi connectivity index (χ1) is 11.0. The molecule has 0 bridgehead atoms. The number of nitrogens with zero attached hydrogens (tertiary/aromatic N) is 2. The number of aromatic nitrogens is 2. The second-order valence-corrected chi connectivity index (χ2v) is 6.09. The van der Waals surface area contributed by atoms with E-state index in [1.54, 1.807) is 30.4 Å². The summed E-state index contributed by atoms with van der Waals surface area (Å²) in [4.78, 5) is 29.8. The number of rotatable bonds is 3. The lowest BCUT2D eigenvalue weighted by molar-refractivity contribution is 0.0713. The molecule has 1 aliphatic rings. The van der Waals surface area contributed by atoms with Crippen LogP contribution in [0.1, 0.15) is 23.7 Å². The molecule has 0 fully saturated rings. The highest BCUT2D eigenvalue weighted by Gasteiger charge is 2.25. The van der Waals surface area contributed by atoms with Crippen LogP contribution in [0, 0.1) is 5.92 Å². The predicted molar refractivity (Wildman–Crippen MR) is 91.5 cm³/mol. The van der Waals surface area contributed by atoms with Gasteiger partial charge in [0, 0.05) is 43.8 Å². The number of fused-ring (bicyclic) bond motifs is 1. The summed E-state index contributed by atoms with van der Waals surface area (Å²) in [6.07, 6.45) is 12.6. The molecule has 2 unspecified atom stereocenters. The minimum atomic E-state index is -0.127. The van der Waals surface area contributed by atoms with E-state index in [1.165, 1.54) is 4.57 Å². The molecule has 0 aliphatic heterocycles. The molecule has 1 aliphatic carbocycles. The molecular formula is C18H21N3O2. The second-order valence-electron chi connectivity index (χ2n) is 6.09. The summed E-state index contributed by atoms with van der Waals surface area (Å²) in [5.74, 6) is 0.240. The van der Waals surface area contributed by atoms with Crippen molar-refractivity contribution >= 4 is 16.8 Å². The van der Waals surface area contributed by atoms with E-state index in [1.807, 2.05) is 19.2 Å².